The summed E-state index contributed by atoms with van der Waals surface area (Å²) in [6.07, 6.45) is 0.187. The third-order valence-corrected chi connectivity index (χ3v) is 6.20. The zero-order valence-electron chi connectivity index (χ0n) is 17.8. The first-order valence-electron chi connectivity index (χ1n) is 10.4. The Hall–Kier alpha value is -3.19. The Balaban J connectivity index is 1.64. The molecule has 0 bridgehead atoms. The van der Waals surface area contributed by atoms with Crippen LogP contribution in [0.5, 0.6) is 5.75 Å². The lowest BCUT2D eigenvalue weighted by Gasteiger charge is -2.33. The monoisotopic (exact) mass is 435 g/mol. The Kier molecular flexibility index (Phi) is 6.04. The number of hydrogen-bond donors (Lipinski definition) is 1. The first kappa shape index (κ1) is 21.1. The van der Waals surface area contributed by atoms with E-state index >= 15 is 0 Å². The molecule has 0 aliphatic carbocycles. The molecule has 2 aromatic carbocycles. The Labute approximate surface area is 185 Å². The number of thiazole rings is 1. The number of amides is 2. The van der Waals surface area contributed by atoms with Crippen molar-refractivity contribution < 1.29 is 14.3 Å². The molecule has 4 rings (SSSR count). The number of rotatable bonds is 6. The molecule has 1 aliphatic heterocycles. The van der Waals surface area contributed by atoms with Crippen molar-refractivity contribution in [3.8, 4) is 27.6 Å². The highest BCUT2D eigenvalue weighted by Gasteiger charge is 2.33. The molecule has 2 atom stereocenters. The predicted octanol–water partition coefficient (Wildman–Crippen LogP) is 4.51. The highest BCUT2D eigenvalue weighted by molar-refractivity contribution is 7.13. The number of fused-ring (bicyclic) bond motifs is 1. The van der Waals surface area contributed by atoms with Crippen molar-refractivity contribution in [1.82, 2.24) is 10.3 Å². The van der Waals surface area contributed by atoms with E-state index < -0.39 is 6.10 Å². The first-order valence-corrected chi connectivity index (χ1v) is 11.3. The SMILES string of the molecule is CCC(C)NC(=O)CN1C(=O)C(C)Oc2ccc(-c3csc(-c4ccccc4)n3)cc21. The molecule has 160 valence electrons. The van der Waals surface area contributed by atoms with E-state index in [0.717, 1.165) is 28.2 Å². The van der Waals surface area contributed by atoms with Gasteiger partial charge in [0.1, 0.15) is 17.3 Å². The molecule has 2 amide bonds. The number of carbonyl (C=O) groups is 2. The Bertz CT molecular complexity index is 1100. The van der Waals surface area contributed by atoms with Crippen LogP contribution in [-0.2, 0) is 9.59 Å². The van der Waals surface area contributed by atoms with E-state index in [1.807, 2.05) is 67.8 Å². The van der Waals surface area contributed by atoms with Crippen LogP contribution in [0.2, 0.25) is 0 Å². The topological polar surface area (TPSA) is 71.5 Å². The number of benzene rings is 2. The molecule has 0 saturated heterocycles. The molecule has 2 heterocycles. The number of hydrogen-bond acceptors (Lipinski definition) is 5. The maximum absolute atomic E-state index is 12.8. The fourth-order valence-corrected chi connectivity index (χ4v) is 4.25. The molecule has 0 fully saturated rings. The summed E-state index contributed by atoms with van der Waals surface area (Å²) in [4.78, 5) is 31.6. The van der Waals surface area contributed by atoms with E-state index in [4.69, 9.17) is 9.72 Å². The third-order valence-electron chi connectivity index (χ3n) is 5.31. The van der Waals surface area contributed by atoms with E-state index in [1.54, 1.807) is 18.3 Å². The van der Waals surface area contributed by atoms with Gasteiger partial charge in [-0.3, -0.25) is 14.5 Å². The van der Waals surface area contributed by atoms with E-state index in [2.05, 4.69) is 5.32 Å². The number of nitrogens with zero attached hydrogens (tertiary/aromatic N) is 2. The Morgan fingerprint density at radius 3 is 2.74 bits per heavy atom. The van der Waals surface area contributed by atoms with Crippen molar-refractivity contribution in [2.75, 3.05) is 11.4 Å². The Morgan fingerprint density at radius 1 is 1.23 bits per heavy atom. The minimum atomic E-state index is -0.640. The van der Waals surface area contributed by atoms with Gasteiger partial charge in [-0.15, -0.1) is 11.3 Å². The van der Waals surface area contributed by atoms with Crippen molar-refractivity contribution in [3.05, 3.63) is 53.9 Å². The molecule has 0 saturated carbocycles. The molecule has 6 nitrogen and oxygen atoms in total. The van der Waals surface area contributed by atoms with E-state index in [9.17, 15) is 9.59 Å². The summed E-state index contributed by atoms with van der Waals surface area (Å²) in [5, 5.41) is 5.85. The molecular weight excluding hydrogens is 410 g/mol. The van der Waals surface area contributed by atoms with Crippen LogP contribution in [0.25, 0.3) is 21.8 Å². The van der Waals surface area contributed by atoms with Crippen molar-refractivity contribution in [2.45, 2.75) is 39.3 Å². The average molecular weight is 436 g/mol. The number of nitrogens with one attached hydrogen (secondary N) is 1. The zero-order valence-corrected chi connectivity index (χ0v) is 18.6. The maximum Gasteiger partial charge on any atom is 0.268 e. The lowest BCUT2D eigenvalue weighted by molar-refractivity contribution is -0.128. The van der Waals surface area contributed by atoms with Crippen LogP contribution in [0.3, 0.4) is 0 Å². The molecule has 0 radical (unpaired) electrons. The average Bonchev–Trinajstić information content (AvgIpc) is 3.27. The standard InChI is InChI=1S/C24H25N3O3S/c1-4-15(2)25-22(28)13-27-20-12-18(10-11-21(20)30-16(3)24(27)29)19-14-31-23(26-19)17-8-6-5-7-9-17/h5-12,14-16H,4,13H2,1-3H3,(H,25,28). The van der Waals surface area contributed by atoms with E-state index in [1.165, 1.54) is 4.90 Å². The molecule has 1 aliphatic rings. The quantitative estimate of drug-likeness (QED) is 0.619. The predicted molar refractivity (Wildman–Crippen MR) is 123 cm³/mol. The Morgan fingerprint density at radius 2 is 2.00 bits per heavy atom. The van der Waals surface area contributed by atoms with Crippen LogP contribution in [0.1, 0.15) is 27.2 Å². The van der Waals surface area contributed by atoms with Gasteiger partial charge in [0.15, 0.2) is 6.10 Å². The van der Waals surface area contributed by atoms with Crippen LogP contribution in [0.15, 0.2) is 53.9 Å². The van der Waals surface area contributed by atoms with E-state index in [0.29, 0.717) is 11.4 Å². The normalized spacial score (nSPS) is 16.4. The molecule has 1 N–H and O–H groups in total. The summed E-state index contributed by atoms with van der Waals surface area (Å²) in [5.41, 5.74) is 3.35. The molecule has 0 spiro atoms. The van der Waals surface area contributed by atoms with Crippen LogP contribution in [0, 0.1) is 0 Å². The number of anilines is 1. The summed E-state index contributed by atoms with van der Waals surface area (Å²) >= 11 is 1.57. The van der Waals surface area contributed by atoms with Gasteiger partial charge in [0.2, 0.25) is 5.91 Å². The minimum absolute atomic E-state index is 0.0420. The number of aromatic nitrogens is 1. The van der Waals surface area contributed by atoms with Crippen LogP contribution in [-0.4, -0.2) is 35.5 Å². The minimum Gasteiger partial charge on any atom is -0.479 e. The lowest BCUT2D eigenvalue weighted by Crippen LogP contribution is -2.49. The summed E-state index contributed by atoms with van der Waals surface area (Å²) in [6.45, 7) is 5.61. The summed E-state index contributed by atoms with van der Waals surface area (Å²) in [7, 11) is 0. The smallest absolute Gasteiger partial charge is 0.268 e. The van der Waals surface area contributed by atoms with Crippen LogP contribution >= 0.6 is 11.3 Å². The lowest BCUT2D eigenvalue weighted by atomic mass is 10.1. The van der Waals surface area contributed by atoms with Crippen molar-refractivity contribution in [1.29, 1.82) is 0 Å². The van der Waals surface area contributed by atoms with Gasteiger partial charge in [0.05, 0.1) is 11.4 Å². The molecule has 7 heteroatoms. The largest absolute Gasteiger partial charge is 0.479 e. The van der Waals surface area contributed by atoms with Crippen molar-refractivity contribution in [2.24, 2.45) is 0 Å². The summed E-state index contributed by atoms with van der Waals surface area (Å²) in [5.74, 6) is 0.172. The fourth-order valence-electron chi connectivity index (χ4n) is 3.42. The van der Waals surface area contributed by atoms with Gasteiger partial charge >= 0.3 is 0 Å². The van der Waals surface area contributed by atoms with E-state index in [-0.39, 0.29) is 24.4 Å². The first-order chi connectivity index (χ1) is 15.0. The second kappa shape index (κ2) is 8.89. The van der Waals surface area contributed by atoms with Gasteiger partial charge in [0.25, 0.3) is 5.91 Å². The number of ether oxygens (including phenoxy) is 1. The molecule has 1 aromatic heterocycles. The van der Waals surface area contributed by atoms with Gasteiger partial charge in [-0.2, -0.15) is 0 Å². The molecule has 31 heavy (non-hydrogen) atoms. The van der Waals surface area contributed by atoms with Gasteiger partial charge in [-0.05, 0) is 38.5 Å². The van der Waals surface area contributed by atoms with Crippen molar-refractivity contribution >= 4 is 28.8 Å². The zero-order chi connectivity index (χ0) is 22.0. The molecular formula is C24H25N3O3S. The second-order valence-electron chi connectivity index (χ2n) is 7.65. The maximum atomic E-state index is 12.8. The summed E-state index contributed by atoms with van der Waals surface area (Å²) < 4.78 is 5.78. The highest BCUT2D eigenvalue weighted by Crippen LogP contribution is 2.38. The van der Waals surface area contributed by atoms with Gasteiger partial charge in [-0.25, -0.2) is 4.98 Å². The molecule has 3 aromatic rings. The van der Waals surface area contributed by atoms with Gasteiger partial charge in [-0.1, -0.05) is 37.3 Å². The van der Waals surface area contributed by atoms with Gasteiger partial charge in [0, 0.05) is 22.5 Å². The second-order valence-corrected chi connectivity index (χ2v) is 8.51. The fraction of sp³-hybridized carbons (Fsp3) is 0.292. The van der Waals surface area contributed by atoms with Gasteiger partial charge < -0.3 is 10.1 Å². The summed E-state index contributed by atoms with van der Waals surface area (Å²) in [6, 6.07) is 15.7. The third kappa shape index (κ3) is 4.46. The van der Waals surface area contributed by atoms with Crippen LogP contribution in [0.4, 0.5) is 5.69 Å². The molecule has 2 unspecified atom stereocenters. The number of carbonyl (C=O) groups excluding carboxylic acids is 2. The van der Waals surface area contributed by atoms with Crippen LogP contribution < -0.4 is 15.0 Å². The highest BCUT2D eigenvalue weighted by atomic mass is 32.1. The van der Waals surface area contributed by atoms with Crippen molar-refractivity contribution in [3.63, 3.8) is 0 Å².